The summed E-state index contributed by atoms with van der Waals surface area (Å²) in [6.45, 7) is 2.10. The molecular formula is C18H24N4O2. The Bertz CT molecular complexity index is 713. The van der Waals surface area contributed by atoms with Gasteiger partial charge in [0, 0.05) is 45.8 Å². The van der Waals surface area contributed by atoms with E-state index in [0.717, 1.165) is 23.4 Å². The number of hydrogen-bond donors (Lipinski definition) is 1. The van der Waals surface area contributed by atoms with Gasteiger partial charge in [0.15, 0.2) is 0 Å². The zero-order chi connectivity index (χ0) is 17.1. The van der Waals surface area contributed by atoms with Gasteiger partial charge in [-0.1, -0.05) is 12.1 Å². The van der Waals surface area contributed by atoms with E-state index in [2.05, 4.69) is 10.4 Å². The number of amides is 1. The molecule has 6 heteroatoms. The maximum atomic E-state index is 12.9. The first-order valence-corrected chi connectivity index (χ1v) is 8.15. The summed E-state index contributed by atoms with van der Waals surface area (Å²) in [6.07, 6.45) is 3.86. The SMILES string of the molecule is COc1cccc(CN(C)C(=O)[C@H]2CNC[C@@H]2c2cnn(C)c2)c1. The molecule has 1 fully saturated rings. The Balaban J connectivity index is 1.70. The van der Waals surface area contributed by atoms with Crippen LogP contribution in [0.4, 0.5) is 0 Å². The van der Waals surface area contributed by atoms with E-state index in [1.165, 1.54) is 0 Å². The molecule has 2 heterocycles. The molecule has 1 saturated heterocycles. The fourth-order valence-electron chi connectivity index (χ4n) is 3.33. The lowest BCUT2D eigenvalue weighted by Crippen LogP contribution is -2.35. The first-order chi connectivity index (χ1) is 11.6. The number of aromatic nitrogens is 2. The van der Waals surface area contributed by atoms with E-state index in [1.54, 1.807) is 16.7 Å². The summed E-state index contributed by atoms with van der Waals surface area (Å²) in [5.74, 6) is 1.10. The number of benzene rings is 1. The molecule has 1 aliphatic heterocycles. The third kappa shape index (κ3) is 3.43. The van der Waals surface area contributed by atoms with E-state index in [4.69, 9.17) is 4.74 Å². The van der Waals surface area contributed by atoms with Crippen molar-refractivity contribution in [3.63, 3.8) is 0 Å². The molecule has 3 rings (SSSR count). The fraction of sp³-hybridized carbons (Fsp3) is 0.444. The molecule has 2 atom stereocenters. The number of rotatable bonds is 5. The topological polar surface area (TPSA) is 59.4 Å². The van der Waals surface area contributed by atoms with Crippen LogP contribution < -0.4 is 10.1 Å². The molecule has 0 unspecified atom stereocenters. The molecule has 0 spiro atoms. The second-order valence-electron chi connectivity index (χ2n) is 6.36. The summed E-state index contributed by atoms with van der Waals surface area (Å²) in [7, 11) is 5.41. The average Bonchev–Trinajstić information content (AvgIpc) is 3.22. The highest BCUT2D eigenvalue weighted by Gasteiger charge is 2.36. The predicted molar refractivity (Wildman–Crippen MR) is 91.8 cm³/mol. The van der Waals surface area contributed by atoms with Gasteiger partial charge in [0.25, 0.3) is 0 Å². The largest absolute Gasteiger partial charge is 0.497 e. The number of carbonyl (C=O) groups is 1. The minimum Gasteiger partial charge on any atom is -0.497 e. The van der Waals surface area contributed by atoms with Gasteiger partial charge >= 0.3 is 0 Å². The molecule has 0 radical (unpaired) electrons. The normalized spacial score (nSPS) is 20.1. The maximum absolute atomic E-state index is 12.9. The van der Waals surface area contributed by atoms with Crippen LogP contribution in [0.3, 0.4) is 0 Å². The Morgan fingerprint density at radius 2 is 2.29 bits per heavy atom. The Morgan fingerprint density at radius 1 is 1.46 bits per heavy atom. The van der Waals surface area contributed by atoms with Crippen molar-refractivity contribution >= 4 is 5.91 Å². The molecule has 0 saturated carbocycles. The van der Waals surface area contributed by atoms with Gasteiger partial charge in [0.2, 0.25) is 5.91 Å². The van der Waals surface area contributed by atoms with Crippen LogP contribution >= 0.6 is 0 Å². The second kappa shape index (κ2) is 7.05. The first kappa shape index (κ1) is 16.5. The monoisotopic (exact) mass is 328 g/mol. The lowest BCUT2D eigenvalue weighted by molar-refractivity contribution is -0.134. The molecule has 1 aromatic heterocycles. The van der Waals surface area contributed by atoms with Crippen molar-refractivity contribution in [2.24, 2.45) is 13.0 Å². The highest BCUT2D eigenvalue weighted by atomic mass is 16.5. The maximum Gasteiger partial charge on any atom is 0.227 e. The Labute approximate surface area is 142 Å². The molecule has 6 nitrogen and oxygen atoms in total. The highest BCUT2D eigenvalue weighted by molar-refractivity contribution is 5.80. The molecule has 24 heavy (non-hydrogen) atoms. The smallest absolute Gasteiger partial charge is 0.227 e. The number of carbonyl (C=O) groups excluding carboxylic acids is 1. The van der Waals surface area contributed by atoms with Crippen LogP contribution in [0.15, 0.2) is 36.7 Å². The van der Waals surface area contributed by atoms with E-state index in [9.17, 15) is 4.79 Å². The van der Waals surface area contributed by atoms with Gasteiger partial charge in [0.05, 0.1) is 19.2 Å². The van der Waals surface area contributed by atoms with E-state index in [0.29, 0.717) is 13.1 Å². The number of ether oxygens (including phenoxy) is 1. The van der Waals surface area contributed by atoms with Crippen LogP contribution in [0.5, 0.6) is 5.75 Å². The fourth-order valence-corrected chi connectivity index (χ4v) is 3.33. The van der Waals surface area contributed by atoms with Crippen LogP contribution in [0.2, 0.25) is 0 Å². The first-order valence-electron chi connectivity index (χ1n) is 8.15. The van der Waals surface area contributed by atoms with Gasteiger partial charge < -0.3 is 15.0 Å². The lowest BCUT2D eigenvalue weighted by Gasteiger charge is -2.24. The van der Waals surface area contributed by atoms with E-state index < -0.39 is 0 Å². The molecule has 0 aliphatic carbocycles. The zero-order valence-corrected chi connectivity index (χ0v) is 14.4. The minimum absolute atomic E-state index is 0.0511. The number of hydrogen-bond acceptors (Lipinski definition) is 4. The van der Waals surface area contributed by atoms with Crippen LogP contribution in [0.1, 0.15) is 17.0 Å². The van der Waals surface area contributed by atoms with E-state index in [1.807, 2.05) is 50.8 Å². The van der Waals surface area contributed by atoms with Crippen LogP contribution in [-0.2, 0) is 18.4 Å². The van der Waals surface area contributed by atoms with Crippen LogP contribution in [-0.4, -0.2) is 47.8 Å². The number of methoxy groups -OCH3 is 1. The standard InChI is InChI=1S/C18H24N4O2/c1-21(11-13-5-4-6-15(7-13)24-3)18(23)17-10-19-9-16(17)14-8-20-22(2)12-14/h4-8,12,16-17,19H,9-11H2,1-3H3/t16-,17+/m1/s1. The van der Waals surface area contributed by atoms with Crippen molar-refractivity contribution in [1.29, 1.82) is 0 Å². The van der Waals surface area contributed by atoms with Gasteiger partial charge in [-0.05, 0) is 23.3 Å². The van der Waals surface area contributed by atoms with Crippen LogP contribution in [0, 0.1) is 5.92 Å². The molecule has 1 aromatic carbocycles. The molecular weight excluding hydrogens is 304 g/mol. The summed E-state index contributed by atoms with van der Waals surface area (Å²) < 4.78 is 7.04. The third-order valence-electron chi connectivity index (χ3n) is 4.61. The summed E-state index contributed by atoms with van der Waals surface area (Å²) in [4.78, 5) is 14.7. The zero-order valence-electron chi connectivity index (χ0n) is 14.4. The predicted octanol–water partition coefficient (Wildman–Crippen LogP) is 1.39. The van der Waals surface area contributed by atoms with Crippen molar-refractivity contribution in [2.45, 2.75) is 12.5 Å². The van der Waals surface area contributed by atoms with Crippen molar-refractivity contribution in [1.82, 2.24) is 20.0 Å². The van der Waals surface area contributed by atoms with E-state index >= 15 is 0 Å². The Hall–Kier alpha value is -2.34. The summed E-state index contributed by atoms with van der Waals surface area (Å²) in [5.41, 5.74) is 2.18. The van der Waals surface area contributed by atoms with Crippen molar-refractivity contribution < 1.29 is 9.53 Å². The van der Waals surface area contributed by atoms with Gasteiger partial charge in [-0.2, -0.15) is 5.10 Å². The molecule has 1 aliphatic rings. The van der Waals surface area contributed by atoms with Gasteiger partial charge in [-0.3, -0.25) is 9.48 Å². The average molecular weight is 328 g/mol. The highest BCUT2D eigenvalue weighted by Crippen LogP contribution is 2.29. The molecule has 0 bridgehead atoms. The summed E-state index contributed by atoms with van der Waals surface area (Å²) in [6, 6.07) is 7.83. The molecule has 1 amide bonds. The van der Waals surface area contributed by atoms with Crippen molar-refractivity contribution in [2.75, 3.05) is 27.2 Å². The van der Waals surface area contributed by atoms with E-state index in [-0.39, 0.29) is 17.7 Å². The number of nitrogens with one attached hydrogen (secondary N) is 1. The number of nitrogens with zero attached hydrogens (tertiary/aromatic N) is 3. The quantitative estimate of drug-likeness (QED) is 0.901. The van der Waals surface area contributed by atoms with Gasteiger partial charge in [0.1, 0.15) is 5.75 Å². The Morgan fingerprint density at radius 3 is 3.00 bits per heavy atom. The van der Waals surface area contributed by atoms with Gasteiger partial charge in [-0.15, -0.1) is 0 Å². The second-order valence-corrected chi connectivity index (χ2v) is 6.36. The van der Waals surface area contributed by atoms with Gasteiger partial charge in [-0.25, -0.2) is 0 Å². The summed E-state index contributed by atoms with van der Waals surface area (Å²) >= 11 is 0. The molecule has 128 valence electrons. The van der Waals surface area contributed by atoms with Crippen LogP contribution in [0.25, 0.3) is 0 Å². The van der Waals surface area contributed by atoms with Crippen molar-refractivity contribution in [3.05, 3.63) is 47.8 Å². The number of aryl methyl sites for hydroxylation is 1. The lowest BCUT2D eigenvalue weighted by atomic mass is 9.90. The molecule has 2 aromatic rings. The Kier molecular flexibility index (Phi) is 4.85. The van der Waals surface area contributed by atoms with Crippen molar-refractivity contribution in [3.8, 4) is 5.75 Å². The summed E-state index contributed by atoms with van der Waals surface area (Å²) in [5, 5.41) is 7.58. The molecule has 1 N–H and O–H groups in total. The third-order valence-corrected chi connectivity index (χ3v) is 4.61. The minimum atomic E-state index is -0.0511.